The molecule has 0 aliphatic rings. The van der Waals surface area contributed by atoms with Crippen LogP contribution in [0.4, 0.5) is 0 Å². The average Bonchev–Trinajstić information content (AvgIpc) is 2.86. The number of aromatic nitrogens is 1. The van der Waals surface area contributed by atoms with Gasteiger partial charge >= 0.3 is 5.97 Å². The molecule has 120 valence electrons. The summed E-state index contributed by atoms with van der Waals surface area (Å²) in [5.41, 5.74) is 2.56. The van der Waals surface area contributed by atoms with Gasteiger partial charge in [-0.25, -0.2) is 0 Å². The quantitative estimate of drug-likeness (QED) is 0.733. The molecule has 0 amide bonds. The van der Waals surface area contributed by atoms with Gasteiger partial charge in [-0.2, -0.15) is 0 Å². The third-order valence-corrected chi connectivity index (χ3v) is 4.13. The van der Waals surface area contributed by atoms with Crippen molar-refractivity contribution < 1.29 is 9.53 Å². The van der Waals surface area contributed by atoms with Crippen molar-refractivity contribution in [3.8, 4) is 0 Å². The van der Waals surface area contributed by atoms with Gasteiger partial charge in [0.2, 0.25) is 0 Å². The van der Waals surface area contributed by atoms with E-state index in [-0.39, 0.29) is 5.97 Å². The minimum Gasteiger partial charge on any atom is -0.466 e. The number of carbonyl (C=O) groups excluding carboxylic acids is 1. The molecule has 1 heterocycles. The molecule has 0 aliphatic carbocycles. The molecule has 2 aromatic rings. The van der Waals surface area contributed by atoms with Crippen molar-refractivity contribution in [2.75, 3.05) is 20.7 Å². The van der Waals surface area contributed by atoms with Crippen molar-refractivity contribution in [1.29, 1.82) is 0 Å². The topological polar surface area (TPSA) is 34.5 Å². The van der Waals surface area contributed by atoms with Crippen LogP contribution < -0.4 is 0 Å². The first kappa shape index (κ1) is 16.6. The van der Waals surface area contributed by atoms with E-state index in [1.54, 1.807) is 0 Å². The summed E-state index contributed by atoms with van der Waals surface area (Å²) in [4.78, 5) is 13.7. The zero-order valence-corrected chi connectivity index (χ0v) is 14.0. The van der Waals surface area contributed by atoms with Gasteiger partial charge in [0.15, 0.2) is 0 Å². The van der Waals surface area contributed by atoms with Crippen LogP contribution in [0.1, 0.15) is 38.3 Å². The number of nitrogens with zero attached hydrogens (tertiary/aromatic N) is 2. The number of hydrogen-bond acceptors (Lipinski definition) is 3. The van der Waals surface area contributed by atoms with Crippen molar-refractivity contribution in [2.45, 2.75) is 39.3 Å². The monoisotopic (exact) mass is 302 g/mol. The summed E-state index contributed by atoms with van der Waals surface area (Å²) in [6.07, 6.45) is 3.49. The minimum absolute atomic E-state index is 0.110. The van der Waals surface area contributed by atoms with Crippen LogP contribution in [0.3, 0.4) is 0 Å². The standard InChI is InChI=1S/C18H26N2O2/c1-5-22-18(21)11-8-12-20-13-16(14(2)19(3)4)15-9-6-7-10-17(15)20/h6-7,9-10,13-14H,5,8,11-12H2,1-4H3. The van der Waals surface area contributed by atoms with Gasteiger partial charge in [-0.1, -0.05) is 18.2 Å². The molecule has 0 saturated carbocycles. The van der Waals surface area contributed by atoms with Crippen LogP contribution in [0.15, 0.2) is 30.5 Å². The zero-order valence-electron chi connectivity index (χ0n) is 14.0. The first-order valence-electron chi connectivity index (χ1n) is 7.94. The highest BCUT2D eigenvalue weighted by atomic mass is 16.5. The molecule has 0 aliphatic heterocycles. The maximum atomic E-state index is 11.5. The lowest BCUT2D eigenvalue weighted by Crippen LogP contribution is -2.16. The van der Waals surface area contributed by atoms with E-state index in [2.05, 4.69) is 60.9 Å². The molecule has 22 heavy (non-hydrogen) atoms. The Labute approximate surface area is 132 Å². The molecule has 4 heteroatoms. The number of benzene rings is 1. The number of aryl methyl sites for hydroxylation is 1. The second kappa shape index (κ2) is 7.45. The van der Waals surface area contributed by atoms with Gasteiger partial charge in [0.1, 0.15) is 0 Å². The number of ether oxygens (including phenoxy) is 1. The number of para-hydroxylation sites is 1. The van der Waals surface area contributed by atoms with Gasteiger partial charge in [-0.3, -0.25) is 4.79 Å². The van der Waals surface area contributed by atoms with E-state index in [4.69, 9.17) is 4.74 Å². The minimum atomic E-state index is -0.110. The summed E-state index contributed by atoms with van der Waals surface area (Å²) in [6.45, 7) is 5.34. The smallest absolute Gasteiger partial charge is 0.305 e. The molecule has 1 aromatic heterocycles. The Morgan fingerprint density at radius 1 is 1.32 bits per heavy atom. The van der Waals surface area contributed by atoms with Crippen LogP contribution in [0, 0.1) is 0 Å². The van der Waals surface area contributed by atoms with Crippen LogP contribution in [0.25, 0.3) is 10.9 Å². The van der Waals surface area contributed by atoms with E-state index in [9.17, 15) is 4.79 Å². The first-order valence-corrected chi connectivity index (χ1v) is 7.94. The third kappa shape index (κ3) is 3.69. The average molecular weight is 302 g/mol. The van der Waals surface area contributed by atoms with E-state index in [0.717, 1.165) is 13.0 Å². The van der Waals surface area contributed by atoms with Crippen molar-refractivity contribution >= 4 is 16.9 Å². The molecule has 0 bridgehead atoms. The van der Waals surface area contributed by atoms with E-state index >= 15 is 0 Å². The molecule has 0 N–H and O–H groups in total. The lowest BCUT2D eigenvalue weighted by atomic mass is 10.1. The predicted molar refractivity (Wildman–Crippen MR) is 89.9 cm³/mol. The summed E-state index contributed by atoms with van der Waals surface area (Å²) >= 11 is 0. The Morgan fingerprint density at radius 2 is 2.05 bits per heavy atom. The summed E-state index contributed by atoms with van der Waals surface area (Å²) in [5, 5.41) is 1.29. The van der Waals surface area contributed by atoms with E-state index < -0.39 is 0 Å². The van der Waals surface area contributed by atoms with Crippen LogP contribution in [0.2, 0.25) is 0 Å². The SMILES string of the molecule is CCOC(=O)CCCn1cc(C(C)N(C)C)c2ccccc21. The number of hydrogen-bond donors (Lipinski definition) is 0. The van der Waals surface area contributed by atoms with E-state index in [1.807, 2.05) is 6.92 Å². The summed E-state index contributed by atoms with van der Waals surface area (Å²) in [6, 6.07) is 8.82. The van der Waals surface area contributed by atoms with E-state index in [0.29, 0.717) is 19.1 Å². The van der Waals surface area contributed by atoms with Gasteiger partial charge in [-0.05, 0) is 46.0 Å². The fourth-order valence-electron chi connectivity index (χ4n) is 2.70. The maximum absolute atomic E-state index is 11.5. The number of carbonyl (C=O) groups is 1. The zero-order chi connectivity index (χ0) is 16.1. The summed E-state index contributed by atoms with van der Waals surface area (Å²) in [5.74, 6) is -0.110. The molecular formula is C18H26N2O2. The Hall–Kier alpha value is -1.81. The highest BCUT2D eigenvalue weighted by molar-refractivity contribution is 5.84. The normalized spacial score (nSPS) is 12.8. The summed E-state index contributed by atoms with van der Waals surface area (Å²) in [7, 11) is 4.19. The Balaban J connectivity index is 2.18. The van der Waals surface area contributed by atoms with Crippen LogP contribution >= 0.6 is 0 Å². The molecule has 0 spiro atoms. The number of fused-ring (bicyclic) bond motifs is 1. The van der Waals surface area contributed by atoms with Crippen molar-refractivity contribution in [2.24, 2.45) is 0 Å². The second-order valence-corrected chi connectivity index (χ2v) is 5.84. The number of rotatable bonds is 7. The maximum Gasteiger partial charge on any atom is 0.305 e. The van der Waals surface area contributed by atoms with Gasteiger partial charge < -0.3 is 14.2 Å². The molecule has 4 nitrogen and oxygen atoms in total. The molecule has 1 aromatic carbocycles. The molecule has 0 fully saturated rings. The van der Waals surface area contributed by atoms with Crippen molar-refractivity contribution in [1.82, 2.24) is 9.47 Å². The molecule has 0 radical (unpaired) electrons. The molecule has 2 rings (SSSR count). The Morgan fingerprint density at radius 3 is 2.73 bits per heavy atom. The predicted octanol–water partition coefficient (Wildman–Crippen LogP) is 3.61. The van der Waals surface area contributed by atoms with Crippen molar-refractivity contribution in [3.63, 3.8) is 0 Å². The van der Waals surface area contributed by atoms with Gasteiger partial charge in [0.25, 0.3) is 0 Å². The lowest BCUT2D eigenvalue weighted by molar-refractivity contribution is -0.143. The highest BCUT2D eigenvalue weighted by Gasteiger charge is 2.15. The fraction of sp³-hybridized carbons (Fsp3) is 0.500. The molecule has 1 unspecified atom stereocenters. The van der Waals surface area contributed by atoms with Crippen LogP contribution in [0.5, 0.6) is 0 Å². The second-order valence-electron chi connectivity index (χ2n) is 5.84. The van der Waals surface area contributed by atoms with Gasteiger partial charge in [0, 0.05) is 36.1 Å². The Bertz CT molecular complexity index is 631. The third-order valence-electron chi connectivity index (χ3n) is 4.13. The molecular weight excluding hydrogens is 276 g/mol. The lowest BCUT2D eigenvalue weighted by Gasteiger charge is -2.19. The largest absolute Gasteiger partial charge is 0.466 e. The first-order chi connectivity index (χ1) is 10.5. The molecule has 1 atom stereocenters. The van der Waals surface area contributed by atoms with E-state index in [1.165, 1.54) is 16.5 Å². The van der Waals surface area contributed by atoms with Crippen LogP contribution in [-0.2, 0) is 16.1 Å². The molecule has 0 saturated heterocycles. The highest BCUT2D eigenvalue weighted by Crippen LogP contribution is 2.29. The Kier molecular flexibility index (Phi) is 5.61. The van der Waals surface area contributed by atoms with Crippen LogP contribution in [-0.4, -0.2) is 36.1 Å². The fourth-order valence-corrected chi connectivity index (χ4v) is 2.70. The summed E-state index contributed by atoms with van der Waals surface area (Å²) < 4.78 is 7.24. The van der Waals surface area contributed by atoms with Crippen molar-refractivity contribution in [3.05, 3.63) is 36.0 Å². The van der Waals surface area contributed by atoms with Gasteiger partial charge in [0.05, 0.1) is 6.61 Å². The number of esters is 1. The van der Waals surface area contributed by atoms with Gasteiger partial charge in [-0.15, -0.1) is 0 Å².